The Morgan fingerprint density at radius 3 is 1.48 bits per heavy atom. The van der Waals surface area contributed by atoms with Crippen molar-refractivity contribution in [3.05, 3.63) is 108 Å². The van der Waals surface area contributed by atoms with Crippen LogP contribution in [0.4, 0.5) is 0 Å². The van der Waals surface area contributed by atoms with Gasteiger partial charge in [-0.2, -0.15) is 0 Å². The lowest BCUT2D eigenvalue weighted by Gasteiger charge is -2.34. The van der Waals surface area contributed by atoms with Crippen LogP contribution in [-0.4, -0.2) is 139 Å². The molecule has 3 aromatic carbocycles. The van der Waals surface area contributed by atoms with Gasteiger partial charge in [0.2, 0.25) is 53.2 Å². The topological polar surface area (TPSA) is 312 Å². The number of amides is 9. The predicted octanol–water partition coefficient (Wildman–Crippen LogP) is 1.48. The minimum atomic E-state index is -1.62. The number of hydrogen-bond donors (Lipinski definition) is 12. The van der Waals surface area contributed by atoms with Crippen molar-refractivity contribution in [2.24, 2.45) is 5.73 Å². The number of nitrogens with one attached hydrogen (secondary N) is 11. The Bertz CT molecular complexity index is 2500. The van der Waals surface area contributed by atoms with E-state index in [9.17, 15) is 43.2 Å². The zero-order valence-electron chi connectivity index (χ0n) is 48.6. The van der Waals surface area contributed by atoms with Crippen LogP contribution in [0.25, 0.3) is 0 Å². The molecule has 0 fully saturated rings. The molecule has 440 valence electrons. The Balaban J connectivity index is 1.63. The highest BCUT2D eigenvalue weighted by Crippen LogP contribution is 2.16. The summed E-state index contributed by atoms with van der Waals surface area (Å²) >= 11 is 0. The van der Waals surface area contributed by atoms with Crippen molar-refractivity contribution >= 4 is 53.2 Å². The molecular formula is C59H90N12O9. The molecular weight excluding hydrogens is 1020 g/mol. The second-order valence-electron chi connectivity index (χ2n) is 21.8. The summed E-state index contributed by atoms with van der Waals surface area (Å²) in [4.78, 5) is 122. The van der Waals surface area contributed by atoms with E-state index in [0.717, 1.165) is 55.6 Å². The van der Waals surface area contributed by atoms with Crippen LogP contribution >= 0.6 is 0 Å². The molecule has 0 radical (unpaired) electrons. The number of unbranched alkanes of at least 4 members (excludes halogenated alkanes) is 1. The first kappa shape index (κ1) is 67.0. The van der Waals surface area contributed by atoms with E-state index in [1.54, 1.807) is 69.3 Å². The monoisotopic (exact) mass is 1110 g/mol. The largest absolute Gasteiger partial charge is 0.350 e. The highest BCUT2D eigenvalue weighted by molar-refractivity contribution is 6.00. The predicted molar refractivity (Wildman–Crippen MR) is 309 cm³/mol. The fourth-order valence-electron chi connectivity index (χ4n) is 8.26. The van der Waals surface area contributed by atoms with Gasteiger partial charge in [0.25, 0.3) is 0 Å². The zero-order chi connectivity index (χ0) is 59.5. The molecule has 0 unspecified atom stereocenters. The van der Waals surface area contributed by atoms with Crippen LogP contribution in [0, 0.1) is 0 Å². The Labute approximate surface area is 472 Å². The molecule has 0 bridgehead atoms. The Hall–Kier alpha value is -7.23. The Morgan fingerprint density at radius 1 is 0.487 bits per heavy atom. The summed E-state index contributed by atoms with van der Waals surface area (Å²) in [6.07, 6.45) is 3.95. The highest BCUT2D eigenvalue weighted by Gasteiger charge is 2.41. The highest BCUT2D eigenvalue weighted by atomic mass is 16.2. The lowest BCUT2D eigenvalue weighted by Crippen LogP contribution is -2.66. The van der Waals surface area contributed by atoms with E-state index in [4.69, 9.17) is 5.73 Å². The van der Waals surface area contributed by atoms with Gasteiger partial charge in [-0.1, -0.05) is 105 Å². The molecule has 0 aliphatic heterocycles. The van der Waals surface area contributed by atoms with E-state index in [2.05, 4.69) is 58.5 Å². The second kappa shape index (κ2) is 32.7. The summed E-state index contributed by atoms with van der Waals surface area (Å²) in [6.45, 7) is 18.0. The van der Waals surface area contributed by atoms with E-state index in [1.165, 1.54) is 48.5 Å². The Kier molecular flexibility index (Phi) is 27.4. The average Bonchev–Trinajstić information content (AvgIpc) is 3.46. The first-order valence-corrected chi connectivity index (χ1v) is 27.8. The van der Waals surface area contributed by atoms with Gasteiger partial charge in [-0.05, 0) is 130 Å². The lowest BCUT2D eigenvalue weighted by molar-refractivity contribution is -0.139. The molecule has 21 nitrogen and oxygen atoms in total. The molecule has 3 rings (SSSR count). The fourth-order valence-corrected chi connectivity index (χ4v) is 8.26. The molecule has 3 aromatic rings. The van der Waals surface area contributed by atoms with Gasteiger partial charge in [0.15, 0.2) is 0 Å². The van der Waals surface area contributed by atoms with Gasteiger partial charge in [0.05, 0.1) is 6.54 Å². The summed E-state index contributed by atoms with van der Waals surface area (Å²) < 4.78 is 0. The summed E-state index contributed by atoms with van der Waals surface area (Å²) in [5, 5.41) is 31.4. The van der Waals surface area contributed by atoms with Crippen LogP contribution in [0.15, 0.2) is 91.0 Å². The van der Waals surface area contributed by atoms with Gasteiger partial charge in [-0.15, -0.1) is 0 Å². The van der Waals surface area contributed by atoms with Gasteiger partial charge in [0, 0.05) is 32.4 Å². The van der Waals surface area contributed by atoms with Crippen LogP contribution in [0.2, 0.25) is 0 Å². The van der Waals surface area contributed by atoms with Crippen LogP contribution in [-0.2, 0) is 62.4 Å². The van der Waals surface area contributed by atoms with Crippen LogP contribution in [0.1, 0.15) is 118 Å². The fraction of sp³-hybridized carbons (Fsp3) is 0.542. The van der Waals surface area contributed by atoms with Gasteiger partial charge in [-0.25, -0.2) is 0 Å². The van der Waals surface area contributed by atoms with Crippen molar-refractivity contribution in [1.29, 1.82) is 0 Å². The van der Waals surface area contributed by atoms with Gasteiger partial charge < -0.3 is 64.2 Å². The van der Waals surface area contributed by atoms with E-state index < -0.39 is 100.0 Å². The third kappa shape index (κ3) is 22.9. The molecule has 0 aliphatic rings. The van der Waals surface area contributed by atoms with Crippen LogP contribution in [0.5, 0.6) is 0 Å². The average molecular weight is 1110 g/mol. The maximum absolute atomic E-state index is 14.3. The van der Waals surface area contributed by atoms with Crippen molar-refractivity contribution in [3.63, 3.8) is 0 Å². The molecule has 0 spiro atoms. The molecule has 0 saturated carbocycles. The second-order valence-corrected chi connectivity index (χ2v) is 21.8. The maximum atomic E-state index is 14.3. The lowest BCUT2D eigenvalue weighted by atomic mass is 9.94. The third-order valence-corrected chi connectivity index (χ3v) is 13.8. The molecule has 0 saturated heterocycles. The minimum Gasteiger partial charge on any atom is -0.350 e. The van der Waals surface area contributed by atoms with Crippen molar-refractivity contribution in [2.45, 2.75) is 167 Å². The molecule has 0 aliphatic carbocycles. The van der Waals surface area contributed by atoms with Crippen molar-refractivity contribution in [3.8, 4) is 0 Å². The van der Waals surface area contributed by atoms with E-state index in [1.807, 2.05) is 42.5 Å². The number of hydrogen-bond acceptors (Lipinski definition) is 12. The van der Waals surface area contributed by atoms with Gasteiger partial charge in [-0.3, -0.25) is 43.2 Å². The van der Waals surface area contributed by atoms with E-state index in [0.29, 0.717) is 19.5 Å². The maximum Gasteiger partial charge on any atom is 0.246 e. The number of carbonyl (C=O) groups is 9. The molecule has 0 heterocycles. The first-order valence-electron chi connectivity index (χ1n) is 27.8. The summed E-state index contributed by atoms with van der Waals surface area (Å²) in [5.41, 5.74) is 2.01. The van der Waals surface area contributed by atoms with Crippen LogP contribution in [0.3, 0.4) is 0 Å². The first-order chi connectivity index (χ1) is 37.8. The number of carbonyl (C=O) groups excluding carboxylic acids is 9. The van der Waals surface area contributed by atoms with Crippen LogP contribution < -0.4 is 64.2 Å². The van der Waals surface area contributed by atoms with Gasteiger partial charge in [0.1, 0.15) is 40.3 Å². The quantitative estimate of drug-likeness (QED) is 0.0373. The van der Waals surface area contributed by atoms with E-state index in [-0.39, 0.29) is 31.7 Å². The molecule has 13 N–H and O–H groups in total. The van der Waals surface area contributed by atoms with Crippen molar-refractivity contribution in [1.82, 2.24) is 58.5 Å². The Morgan fingerprint density at radius 2 is 0.950 bits per heavy atom. The van der Waals surface area contributed by atoms with Crippen molar-refractivity contribution in [2.75, 3.05) is 39.3 Å². The molecule has 9 amide bonds. The number of rotatable bonds is 35. The summed E-state index contributed by atoms with van der Waals surface area (Å²) in [5.74, 6) is -5.74. The number of benzene rings is 3. The zero-order valence-corrected chi connectivity index (χ0v) is 48.6. The molecule has 6 atom stereocenters. The molecule has 0 aromatic heterocycles. The van der Waals surface area contributed by atoms with Crippen molar-refractivity contribution < 1.29 is 43.2 Å². The normalized spacial score (nSPS) is 14.4. The minimum absolute atomic E-state index is 0.0624. The SMILES string of the molecule is CC[C@@](C)(NC(=O)[C@H](C)NC(=O)C(C)(C)NC(=O)C(C)(C)NC(=O)[C@H](Cc1ccccc1)NC(C)=O)C(=O)NCC(=O)N[C@@H](Cc1ccccc1)C(=O)N[C@@](C)(CC)C(=O)N[C@H](CNCCCNCCCCN)Cc1ccccc1. The smallest absolute Gasteiger partial charge is 0.246 e. The van der Waals surface area contributed by atoms with Gasteiger partial charge >= 0.3 is 0 Å². The standard InChI is InChI=1S/C59H90N12O9/c1-11-58(9,69-49(74)40(3)64-52(77)56(5,6)71-53(78)57(7,8)68-50(75)46(65-41(4)72)36-43-27-18-14-19-28-43)54(79)63-39-48(73)67-47(37-44-29-20-15-21-30-44)51(76)70-59(10,12-2)55(80)66-45(35-42-25-16-13-17-26-42)38-62-34-24-33-61-32-23-22-31-60/h13-21,25-30,40,45-47,61-62H,11-12,22-24,31-39,60H2,1-10H3,(H,63,79)(H,64,77)(H,65,72)(H,66,80)(H,67,73)(H,68,75)(H,69,74)(H,70,76)(H,71,78)/t40-,45-,46-,47-,58+,59-/m0/s1. The number of nitrogens with two attached hydrogens (primary N) is 1. The van der Waals surface area contributed by atoms with E-state index >= 15 is 0 Å². The molecule has 21 heteroatoms. The molecule has 80 heavy (non-hydrogen) atoms. The summed E-state index contributed by atoms with van der Waals surface area (Å²) in [7, 11) is 0. The third-order valence-electron chi connectivity index (χ3n) is 13.8. The summed E-state index contributed by atoms with van der Waals surface area (Å²) in [6, 6.07) is 24.2.